The summed E-state index contributed by atoms with van der Waals surface area (Å²) in [6.07, 6.45) is 0. The maximum Gasteiger partial charge on any atom is 0.488 e. The smallest absolute Gasteiger partial charge is 0.423 e. The number of hydrogen-bond donors (Lipinski definition) is 4. The zero-order chi connectivity index (χ0) is 23.7. The van der Waals surface area contributed by atoms with E-state index in [0.29, 0.717) is 35.2 Å². The molecular formula is C23H25BN6O3. The fraction of sp³-hybridized carbons (Fsp3) is 0.174. The number of fused-ring (bicyclic) bond motifs is 1. The third-order valence-corrected chi connectivity index (χ3v) is 5.38. The second kappa shape index (κ2) is 8.93. The zero-order valence-electron chi connectivity index (χ0n) is 18.6. The van der Waals surface area contributed by atoms with Crippen molar-refractivity contribution in [2.24, 2.45) is 5.73 Å². The molecule has 9 nitrogen and oxygen atoms in total. The first-order chi connectivity index (χ1) is 15.7. The van der Waals surface area contributed by atoms with Gasteiger partial charge in [0.05, 0.1) is 5.52 Å². The summed E-state index contributed by atoms with van der Waals surface area (Å²) in [6.45, 7) is 2.36. The number of amides is 1. The van der Waals surface area contributed by atoms with Crippen LogP contribution in [-0.4, -0.2) is 51.7 Å². The molecule has 0 fully saturated rings. The molecule has 0 aliphatic carbocycles. The molecule has 1 amide bonds. The van der Waals surface area contributed by atoms with E-state index in [-0.39, 0.29) is 0 Å². The van der Waals surface area contributed by atoms with Crippen molar-refractivity contribution < 1.29 is 14.8 Å². The summed E-state index contributed by atoms with van der Waals surface area (Å²) in [5, 5.41) is 22.9. The molecule has 33 heavy (non-hydrogen) atoms. The Balaban J connectivity index is 1.75. The topological polar surface area (TPSA) is 130 Å². The number of rotatable bonds is 7. The van der Waals surface area contributed by atoms with E-state index in [0.717, 1.165) is 22.2 Å². The molecule has 0 radical (unpaired) electrons. The Morgan fingerprint density at radius 3 is 2.58 bits per heavy atom. The fourth-order valence-electron chi connectivity index (χ4n) is 3.74. The van der Waals surface area contributed by atoms with Crippen LogP contribution >= 0.6 is 0 Å². The highest BCUT2D eigenvalue weighted by Crippen LogP contribution is 2.27. The van der Waals surface area contributed by atoms with E-state index < -0.39 is 13.0 Å². The van der Waals surface area contributed by atoms with Crippen LogP contribution in [0.1, 0.15) is 21.6 Å². The SMILES string of the molecule is Cc1cc2c(C(N)=O)cccc2n1-c1nc(NCc2cccc(B(O)O)c2)cc(N(C)C)n1. The highest BCUT2D eigenvalue weighted by atomic mass is 16.4. The summed E-state index contributed by atoms with van der Waals surface area (Å²) < 4.78 is 1.89. The van der Waals surface area contributed by atoms with Crippen LogP contribution in [0.2, 0.25) is 0 Å². The summed E-state index contributed by atoms with van der Waals surface area (Å²) in [5.74, 6) is 1.27. The largest absolute Gasteiger partial charge is 0.488 e. The van der Waals surface area contributed by atoms with Gasteiger partial charge in [-0.05, 0) is 36.1 Å². The molecule has 4 aromatic rings. The summed E-state index contributed by atoms with van der Waals surface area (Å²) >= 11 is 0. The van der Waals surface area contributed by atoms with E-state index in [9.17, 15) is 14.8 Å². The zero-order valence-corrected chi connectivity index (χ0v) is 18.6. The minimum absolute atomic E-state index is 0.423. The molecule has 0 saturated heterocycles. The molecule has 2 aromatic heterocycles. The predicted molar refractivity (Wildman–Crippen MR) is 130 cm³/mol. The summed E-state index contributed by atoms with van der Waals surface area (Å²) in [7, 11) is 2.27. The summed E-state index contributed by atoms with van der Waals surface area (Å²) in [5.41, 5.74) is 8.96. The van der Waals surface area contributed by atoms with Crippen molar-refractivity contribution >= 4 is 41.0 Å². The third kappa shape index (κ3) is 4.52. The van der Waals surface area contributed by atoms with Gasteiger partial charge in [0, 0.05) is 43.4 Å². The molecule has 0 atom stereocenters. The average molecular weight is 444 g/mol. The first kappa shape index (κ1) is 22.3. The molecule has 10 heteroatoms. The molecule has 0 aliphatic heterocycles. The summed E-state index contributed by atoms with van der Waals surface area (Å²) in [6, 6.07) is 16.2. The molecule has 0 spiro atoms. The number of benzene rings is 2. The first-order valence-corrected chi connectivity index (χ1v) is 10.4. The van der Waals surface area contributed by atoms with Gasteiger partial charge in [-0.1, -0.05) is 30.3 Å². The summed E-state index contributed by atoms with van der Waals surface area (Å²) in [4.78, 5) is 23.2. The Hall–Kier alpha value is -3.89. The van der Waals surface area contributed by atoms with E-state index in [1.54, 1.807) is 30.3 Å². The molecule has 4 rings (SSSR count). The molecule has 5 N–H and O–H groups in total. The van der Waals surface area contributed by atoms with Gasteiger partial charge in [-0.25, -0.2) is 0 Å². The van der Waals surface area contributed by atoms with Crippen molar-refractivity contribution in [3.05, 3.63) is 71.4 Å². The van der Waals surface area contributed by atoms with Crippen molar-refractivity contribution in [3.63, 3.8) is 0 Å². The van der Waals surface area contributed by atoms with E-state index >= 15 is 0 Å². The number of hydrogen-bond acceptors (Lipinski definition) is 7. The van der Waals surface area contributed by atoms with Crippen molar-refractivity contribution in [1.82, 2.24) is 14.5 Å². The van der Waals surface area contributed by atoms with Crippen LogP contribution in [-0.2, 0) is 6.54 Å². The second-order valence-electron chi connectivity index (χ2n) is 8.00. The quantitative estimate of drug-likeness (QED) is 0.315. The van der Waals surface area contributed by atoms with Gasteiger partial charge >= 0.3 is 7.12 Å². The first-order valence-electron chi connectivity index (χ1n) is 10.4. The molecule has 2 heterocycles. The van der Waals surface area contributed by atoms with Gasteiger partial charge in [0.25, 0.3) is 0 Å². The fourth-order valence-corrected chi connectivity index (χ4v) is 3.74. The van der Waals surface area contributed by atoms with Gasteiger partial charge < -0.3 is 26.0 Å². The van der Waals surface area contributed by atoms with Crippen molar-refractivity contribution in [2.75, 3.05) is 24.3 Å². The number of carbonyl (C=O) groups is 1. The standard InChI is InChI=1S/C23H25BN6O3/c1-14-10-18-17(22(25)31)8-5-9-19(18)30(14)23-27-20(12-21(28-23)29(2)3)26-13-15-6-4-7-16(11-15)24(32)33/h4-12,32-33H,13H2,1-3H3,(H2,25,31)(H,26,27,28). The number of aryl methyl sites for hydroxylation is 1. The maximum absolute atomic E-state index is 11.9. The Morgan fingerprint density at radius 2 is 1.88 bits per heavy atom. The van der Waals surface area contributed by atoms with Gasteiger partial charge in [-0.15, -0.1) is 0 Å². The van der Waals surface area contributed by atoms with Gasteiger partial charge in [-0.2, -0.15) is 9.97 Å². The Kier molecular flexibility index (Phi) is 6.04. The van der Waals surface area contributed by atoms with E-state index in [1.807, 2.05) is 54.8 Å². The lowest BCUT2D eigenvalue weighted by molar-refractivity contribution is 0.100. The molecule has 168 valence electrons. The number of aromatic nitrogens is 3. The van der Waals surface area contributed by atoms with Crippen LogP contribution in [0.4, 0.5) is 11.6 Å². The Labute approximate surface area is 191 Å². The Bertz CT molecular complexity index is 1340. The van der Waals surface area contributed by atoms with Crippen molar-refractivity contribution in [3.8, 4) is 5.95 Å². The lowest BCUT2D eigenvalue weighted by atomic mass is 9.80. The monoisotopic (exact) mass is 444 g/mol. The Morgan fingerprint density at radius 1 is 1.12 bits per heavy atom. The predicted octanol–water partition coefficient (Wildman–Crippen LogP) is 1.19. The minimum Gasteiger partial charge on any atom is -0.423 e. The molecular weight excluding hydrogens is 419 g/mol. The molecule has 0 bridgehead atoms. The van der Waals surface area contributed by atoms with Gasteiger partial charge in [0.1, 0.15) is 11.6 Å². The van der Waals surface area contributed by atoms with Crippen LogP contribution in [0.15, 0.2) is 54.6 Å². The normalized spacial score (nSPS) is 10.9. The van der Waals surface area contributed by atoms with E-state index in [1.165, 1.54) is 0 Å². The lowest BCUT2D eigenvalue weighted by Gasteiger charge is -2.16. The highest BCUT2D eigenvalue weighted by Gasteiger charge is 2.17. The minimum atomic E-state index is -1.52. The van der Waals surface area contributed by atoms with Crippen molar-refractivity contribution in [1.29, 1.82) is 0 Å². The average Bonchev–Trinajstić information content (AvgIpc) is 3.13. The van der Waals surface area contributed by atoms with Crippen molar-refractivity contribution in [2.45, 2.75) is 13.5 Å². The van der Waals surface area contributed by atoms with Crippen LogP contribution in [0.3, 0.4) is 0 Å². The molecule has 0 aliphatic rings. The molecule has 2 aromatic carbocycles. The number of carbonyl (C=O) groups excluding carboxylic acids is 1. The van der Waals surface area contributed by atoms with E-state index in [4.69, 9.17) is 15.7 Å². The molecule has 0 unspecified atom stereocenters. The van der Waals surface area contributed by atoms with Crippen LogP contribution < -0.4 is 21.4 Å². The molecule has 0 saturated carbocycles. The van der Waals surface area contributed by atoms with Gasteiger partial charge in [0.15, 0.2) is 0 Å². The van der Waals surface area contributed by atoms with E-state index in [2.05, 4.69) is 5.32 Å². The number of nitrogens with two attached hydrogens (primary N) is 1. The second-order valence-corrected chi connectivity index (χ2v) is 8.00. The van der Waals surface area contributed by atoms with Gasteiger partial charge in [0.2, 0.25) is 11.9 Å². The van der Waals surface area contributed by atoms with Crippen LogP contribution in [0.25, 0.3) is 16.9 Å². The number of nitrogens with one attached hydrogen (secondary N) is 1. The third-order valence-electron chi connectivity index (χ3n) is 5.38. The van der Waals surface area contributed by atoms with Gasteiger partial charge in [-0.3, -0.25) is 9.36 Å². The number of primary amides is 1. The highest BCUT2D eigenvalue weighted by molar-refractivity contribution is 6.58. The maximum atomic E-state index is 11.9. The van der Waals surface area contributed by atoms with Crippen LogP contribution in [0, 0.1) is 6.92 Å². The lowest BCUT2D eigenvalue weighted by Crippen LogP contribution is -2.30. The van der Waals surface area contributed by atoms with Crippen LogP contribution in [0.5, 0.6) is 0 Å². The number of anilines is 2. The number of nitrogens with zero attached hydrogens (tertiary/aromatic N) is 4.